The molecule has 0 saturated carbocycles. The first-order valence-electron chi connectivity index (χ1n) is 3.28. The van der Waals surface area contributed by atoms with Crippen LogP contribution in [0.3, 0.4) is 0 Å². The zero-order valence-electron chi connectivity index (χ0n) is 5.91. The molecule has 0 atom stereocenters. The lowest BCUT2D eigenvalue weighted by atomic mass is 10.1. The van der Waals surface area contributed by atoms with Crippen molar-refractivity contribution in [2.45, 2.75) is 6.42 Å². The summed E-state index contributed by atoms with van der Waals surface area (Å²) in [4.78, 5) is 10.8. The van der Waals surface area contributed by atoms with Crippen LogP contribution in [0.25, 0.3) is 0 Å². The van der Waals surface area contributed by atoms with E-state index in [4.69, 9.17) is 0 Å². The first-order valence-corrected chi connectivity index (χ1v) is 3.68. The highest BCUT2D eigenvalue weighted by Crippen LogP contribution is 1.98. The molecule has 1 aromatic rings. The van der Waals surface area contributed by atoms with Crippen molar-refractivity contribution in [2.75, 3.05) is 0 Å². The van der Waals surface area contributed by atoms with Gasteiger partial charge in [-0.05, 0) is 5.56 Å². The Bertz CT molecular complexity index is 254. The minimum absolute atomic E-state index is 0.133. The van der Waals surface area contributed by atoms with Crippen LogP contribution in [0, 0.1) is 0 Å². The van der Waals surface area contributed by atoms with Crippen LogP contribution in [0.1, 0.15) is 5.56 Å². The molecule has 2 heteroatoms. The second-order valence-electron chi connectivity index (χ2n) is 2.19. The maximum absolute atomic E-state index is 10.8. The lowest BCUT2D eigenvalue weighted by Crippen LogP contribution is -2.01. The van der Waals surface area contributed by atoms with Gasteiger partial charge < -0.3 is 0 Å². The molecule has 1 radical (unpaired) electrons. The van der Waals surface area contributed by atoms with Gasteiger partial charge in [-0.25, -0.2) is 0 Å². The number of hydrogen-bond acceptors (Lipinski definition) is 2. The maximum Gasteiger partial charge on any atom is 0.179 e. The summed E-state index contributed by atoms with van der Waals surface area (Å²) in [5.74, 6) is -0.133. The molecule has 0 bridgehead atoms. The van der Waals surface area contributed by atoms with Crippen LogP contribution < -0.4 is 0 Å². The minimum atomic E-state index is -0.133. The first-order chi connectivity index (χ1) is 5.33. The quantitative estimate of drug-likeness (QED) is 0.630. The lowest BCUT2D eigenvalue weighted by Gasteiger charge is -1.93. The molecule has 0 aliphatic carbocycles. The molecule has 0 heterocycles. The third kappa shape index (κ3) is 2.60. The van der Waals surface area contributed by atoms with Crippen LogP contribution in [0.2, 0.25) is 0 Å². The molecular formula is C9H7OS. The van der Waals surface area contributed by atoms with E-state index in [1.807, 2.05) is 30.3 Å². The summed E-state index contributed by atoms with van der Waals surface area (Å²) in [6, 6.07) is 9.49. The molecule has 0 aromatic heterocycles. The number of hydrogen-bond donors (Lipinski definition) is 0. The summed E-state index contributed by atoms with van der Waals surface area (Å²) in [5, 5.41) is 2.16. The average molecular weight is 163 g/mol. The number of carbonyl (C=O) groups is 1. The Balaban J connectivity index is 2.65. The molecule has 0 N–H and O–H groups in total. The maximum atomic E-state index is 10.8. The fraction of sp³-hybridized carbons (Fsp3) is 0.111. The molecule has 0 aliphatic heterocycles. The normalized spacial score (nSPS) is 9.09. The zero-order chi connectivity index (χ0) is 8.10. The number of rotatable bonds is 3. The van der Waals surface area contributed by atoms with E-state index in [0.717, 1.165) is 5.56 Å². The molecule has 55 valence electrons. The van der Waals surface area contributed by atoms with Crippen molar-refractivity contribution in [1.29, 1.82) is 0 Å². The zero-order valence-corrected chi connectivity index (χ0v) is 6.73. The van der Waals surface area contributed by atoms with Crippen molar-refractivity contribution in [1.82, 2.24) is 0 Å². The van der Waals surface area contributed by atoms with Gasteiger partial charge in [-0.1, -0.05) is 42.5 Å². The van der Waals surface area contributed by atoms with Gasteiger partial charge in [0.1, 0.15) is 5.37 Å². The monoisotopic (exact) mass is 163 g/mol. The van der Waals surface area contributed by atoms with Crippen molar-refractivity contribution in [3.63, 3.8) is 0 Å². The smallest absolute Gasteiger partial charge is 0.179 e. The van der Waals surface area contributed by atoms with Crippen LogP contribution in [0.5, 0.6) is 0 Å². The molecule has 0 aliphatic rings. The molecule has 0 spiro atoms. The number of carbonyl (C=O) groups excluding carboxylic acids is 1. The van der Waals surface area contributed by atoms with Gasteiger partial charge in [0.15, 0.2) is 5.78 Å². The Morgan fingerprint density at radius 2 is 2.00 bits per heavy atom. The van der Waals surface area contributed by atoms with Gasteiger partial charge in [0.25, 0.3) is 0 Å². The standard InChI is InChI=1S/C9H7OS/c10-9(7-11)6-8-4-2-1-3-5-8/h1-5H,6H2. The van der Waals surface area contributed by atoms with E-state index < -0.39 is 0 Å². The van der Waals surface area contributed by atoms with E-state index in [9.17, 15) is 4.79 Å². The second-order valence-corrected chi connectivity index (χ2v) is 2.39. The van der Waals surface area contributed by atoms with E-state index in [1.54, 1.807) is 0 Å². The van der Waals surface area contributed by atoms with Gasteiger partial charge in [-0.2, -0.15) is 0 Å². The molecule has 1 aromatic carbocycles. The SMILES string of the molecule is O=C([C]=S)Cc1ccccc1. The first kappa shape index (κ1) is 8.08. The van der Waals surface area contributed by atoms with Crippen molar-refractivity contribution >= 4 is 23.4 Å². The minimum Gasteiger partial charge on any atom is -0.293 e. The number of thiocarbonyl (C=S) groups is 1. The van der Waals surface area contributed by atoms with Crippen molar-refractivity contribution in [2.24, 2.45) is 0 Å². The van der Waals surface area contributed by atoms with Crippen LogP contribution in [-0.2, 0) is 11.2 Å². The van der Waals surface area contributed by atoms with Crippen molar-refractivity contribution in [3.05, 3.63) is 35.9 Å². The van der Waals surface area contributed by atoms with E-state index in [-0.39, 0.29) is 5.78 Å². The highest BCUT2D eigenvalue weighted by Gasteiger charge is 1.97. The Morgan fingerprint density at radius 3 is 2.55 bits per heavy atom. The highest BCUT2D eigenvalue weighted by molar-refractivity contribution is 7.80. The third-order valence-electron chi connectivity index (χ3n) is 1.32. The van der Waals surface area contributed by atoms with E-state index in [1.165, 1.54) is 0 Å². The summed E-state index contributed by atoms with van der Waals surface area (Å²) in [6.45, 7) is 0. The fourth-order valence-electron chi connectivity index (χ4n) is 0.817. The van der Waals surface area contributed by atoms with Gasteiger partial charge >= 0.3 is 0 Å². The summed E-state index contributed by atoms with van der Waals surface area (Å²) in [7, 11) is 0. The van der Waals surface area contributed by atoms with Crippen LogP contribution in [-0.4, -0.2) is 11.2 Å². The van der Waals surface area contributed by atoms with E-state index in [0.29, 0.717) is 6.42 Å². The summed E-state index contributed by atoms with van der Waals surface area (Å²) >= 11 is 4.37. The van der Waals surface area contributed by atoms with Gasteiger partial charge in [-0.3, -0.25) is 4.79 Å². The molecule has 0 amide bonds. The molecular weight excluding hydrogens is 156 g/mol. The summed E-state index contributed by atoms with van der Waals surface area (Å²) in [6.07, 6.45) is 0.365. The van der Waals surface area contributed by atoms with Gasteiger partial charge in [0.05, 0.1) is 0 Å². The van der Waals surface area contributed by atoms with E-state index >= 15 is 0 Å². The van der Waals surface area contributed by atoms with Gasteiger partial charge in [0.2, 0.25) is 0 Å². The molecule has 0 fully saturated rings. The molecule has 1 rings (SSSR count). The van der Waals surface area contributed by atoms with Gasteiger partial charge in [-0.15, -0.1) is 0 Å². The van der Waals surface area contributed by atoms with Gasteiger partial charge in [0, 0.05) is 6.42 Å². The molecule has 0 saturated heterocycles. The molecule has 0 unspecified atom stereocenters. The van der Waals surface area contributed by atoms with Crippen molar-refractivity contribution < 1.29 is 4.79 Å². The van der Waals surface area contributed by atoms with Crippen LogP contribution in [0.4, 0.5) is 0 Å². The molecule has 11 heavy (non-hydrogen) atoms. The number of Topliss-reactive ketones (excluding diaryl/α,β-unsaturated/α-hetero) is 1. The topological polar surface area (TPSA) is 17.1 Å². The average Bonchev–Trinajstić information content (AvgIpc) is 2.06. The predicted molar refractivity (Wildman–Crippen MR) is 47.8 cm³/mol. The Hall–Kier alpha value is -1.02. The van der Waals surface area contributed by atoms with E-state index in [2.05, 4.69) is 17.6 Å². The summed E-state index contributed by atoms with van der Waals surface area (Å²) in [5.41, 5.74) is 0.981. The highest BCUT2D eigenvalue weighted by atomic mass is 32.1. The fourth-order valence-corrected chi connectivity index (χ4v) is 0.890. The third-order valence-corrected chi connectivity index (χ3v) is 1.55. The molecule has 1 nitrogen and oxygen atoms in total. The van der Waals surface area contributed by atoms with Crippen molar-refractivity contribution in [3.8, 4) is 0 Å². The largest absolute Gasteiger partial charge is 0.293 e. The van der Waals surface area contributed by atoms with Crippen LogP contribution in [0.15, 0.2) is 30.3 Å². The second kappa shape index (κ2) is 3.98. The van der Waals surface area contributed by atoms with Crippen LogP contribution >= 0.6 is 12.2 Å². The Labute approximate surface area is 71.0 Å². The Kier molecular flexibility index (Phi) is 2.93. The number of benzene rings is 1. The summed E-state index contributed by atoms with van der Waals surface area (Å²) < 4.78 is 0. The predicted octanol–water partition coefficient (Wildman–Crippen LogP) is 1.67. The Morgan fingerprint density at radius 1 is 1.36 bits per heavy atom. The lowest BCUT2D eigenvalue weighted by molar-refractivity contribution is -0.111. The number of ketones is 1.